The molecule has 2 fully saturated rings. The fraction of sp³-hybridized carbons (Fsp3) is 0.857. The van der Waals surface area contributed by atoms with Gasteiger partial charge in [0.25, 0.3) is 0 Å². The zero-order chi connectivity index (χ0) is 12.6. The highest BCUT2D eigenvalue weighted by atomic mass is 15.4. The molecule has 0 amide bonds. The first kappa shape index (κ1) is 12.9. The van der Waals surface area contributed by atoms with Gasteiger partial charge in [-0.2, -0.15) is 0 Å². The van der Waals surface area contributed by atoms with Crippen LogP contribution in [0.1, 0.15) is 13.3 Å². The van der Waals surface area contributed by atoms with E-state index in [9.17, 15) is 0 Å². The van der Waals surface area contributed by atoms with Crippen LogP contribution in [-0.2, 0) is 0 Å². The zero-order valence-corrected chi connectivity index (χ0v) is 11.9. The van der Waals surface area contributed by atoms with Gasteiger partial charge < -0.3 is 14.3 Å². The first-order valence-corrected chi connectivity index (χ1v) is 6.85. The molecule has 0 N–H and O–H groups in total. The van der Waals surface area contributed by atoms with Gasteiger partial charge in [0.2, 0.25) is 0 Å². The maximum absolute atomic E-state index is 4.41. The van der Waals surface area contributed by atoms with Crippen molar-refractivity contribution in [2.45, 2.75) is 19.4 Å². The van der Waals surface area contributed by atoms with Gasteiger partial charge in [-0.05, 0) is 7.05 Å². The van der Waals surface area contributed by atoms with Crippen molar-refractivity contribution in [3.05, 3.63) is 12.3 Å². The molecule has 0 saturated carbocycles. The summed E-state index contributed by atoms with van der Waals surface area (Å²) < 4.78 is 1.12. The van der Waals surface area contributed by atoms with Crippen molar-refractivity contribution in [1.29, 1.82) is 0 Å². The molecule has 0 aromatic rings. The topological polar surface area (TPSA) is 6.48 Å². The van der Waals surface area contributed by atoms with Gasteiger partial charge in [-0.25, -0.2) is 0 Å². The third-order valence-electron chi connectivity index (χ3n) is 4.55. The van der Waals surface area contributed by atoms with E-state index in [1.165, 1.54) is 31.8 Å². The number of likely N-dealkylation sites (tertiary alicyclic amines) is 1. The molecule has 0 spiro atoms. The molecule has 0 aromatic carbocycles. The van der Waals surface area contributed by atoms with Gasteiger partial charge in [-0.3, -0.25) is 0 Å². The summed E-state index contributed by atoms with van der Waals surface area (Å²) in [7, 11) is 6.92. The van der Waals surface area contributed by atoms with E-state index in [1.807, 2.05) is 0 Å². The molecule has 3 heteroatoms. The lowest BCUT2D eigenvalue weighted by Gasteiger charge is -2.41. The van der Waals surface area contributed by atoms with Crippen LogP contribution in [0.25, 0.3) is 0 Å². The average molecular weight is 238 g/mol. The van der Waals surface area contributed by atoms with Gasteiger partial charge in [0, 0.05) is 38.5 Å². The van der Waals surface area contributed by atoms with Gasteiger partial charge in [0.05, 0.1) is 26.3 Å². The van der Waals surface area contributed by atoms with Crippen LogP contribution in [0, 0.1) is 5.92 Å². The lowest BCUT2D eigenvalue weighted by Crippen LogP contribution is -2.51. The summed E-state index contributed by atoms with van der Waals surface area (Å²) in [6.45, 7) is 12.7. The zero-order valence-electron chi connectivity index (χ0n) is 11.9. The third kappa shape index (κ3) is 2.66. The highest BCUT2D eigenvalue weighted by Crippen LogP contribution is 2.32. The fourth-order valence-electron chi connectivity index (χ4n) is 3.52. The highest BCUT2D eigenvalue weighted by molar-refractivity contribution is 5.05. The molecule has 0 bridgehead atoms. The largest absolute Gasteiger partial charge is 0.368 e. The number of piperazine rings is 1. The lowest BCUT2D eigenvalue weighted by molar-refractivity contribution is -0.898. The van der Waals surface area contributed by atoms with Crippen molar-refractivity contribution in [2.24, 2.45) is 5.92 Å². The van der Waals surface area contributed by atoms with Gasteiger partial charge in [-0.1, -0.05) is 13.5 Å². The number of rotatable bonds is 2. The Morgan fingerprint density at radius 3 is 2.24 bits per heavy atom. The Balaban J connectivity index is 2.00. The summed E-state index contributed by atoms with van der Waals surface area (Å²) in [5.74, 6) is 0.833. The van der Waals surface area contributed by atoms with Gasteiger partial charge in [0.1, 0.15) is 6.04 Å². The smallest absolute Gasteiger partial charge is 0.129 e. The number of hydrogen-bond acceptors (Lipinski definition) is 2. The van der Waals surface area contributed by atoms with Crippen LogP contribution in [0.5, 0.6) is 0 Å². The van der Waals surface area contributed by atoms with E-state index in [0.29, 0.717) is 6.04 Å². The molecule has 3 nitrogen and oxygen atoms in total. The van der Waals surface area contributed by atoms with Crippen molar-refractivity contribution in [3.8, 4) is 0 Å². The summed E-state index contributed by atoms with van der Waals surface area (Å²) in [6, 6.07) is 0.633. The second-order valence-corrected chi connectivity index (χ2v) is 6.60. The van der Waals surface area contributed by atoms with Crippen molar-refractivity contribution < 1.29 is 4.48 Å². The molecule has 98 valence electrons. The number of likely N-dealkylation sites (N-methyl/N-ethyl adjacent to an activating group) is 2. The standard InChI is InChI=1S/C14H28N3/c1-12-10-14(17(4,5)11-12)13(2)16-8-6-15(3)7-9-16/h12,14H,2,6-11H2,1,3-5H3/q+1/t12-,14+/m1/s1. The van der Waals surface area contributed by atoms with Crippen LogP contribution in [0.4, 0.5) is 0 Å². The summed E-state index contributed by atoms with van der Waals surface area (Å²) in [4.78, 5) is 4.92. The highest BCUT2D eigenvalue weighted by Gasteiger charge is 2.41. The van der Waals surface area contributed by atoms with Crippen LogP contribution >= 0.6 is 0 Å². The Labute approximate surface area is 106 Å². The Hall–Kier alpha value is -0.540. The summed E-state index contributed by atoms with van der Waals surface area (Å²) in [5.41, 5.74) is 1.38. The molecule has 0 aliphatic carbocycles. The quantitative estimate of drug-likeness (QED) is 0.668. The minimum absolute atomic E-state index is 0.633. The van der Waals surface area contributed by atoms with E-state index in [0.717, 1.165) is 23.5 Å². The van der Waals surface area contributed by atoms with Crippen LogP contribution < -0.4 is 0 Å². The van der Waals surface area contributed by atoms with Crippen LogP contribution in [0.3, 0.4) is 0 Å². The van der Waals surface area contributed by atoms with Gasteiger partial charge in [-0.15, -0.1) is 0 Å². The second kappa shape index (κ2) is 4.62. The molecule has 2 saturated heterocycles. The summed E-state index contributed by atoms with van der Waals surface area (Å²) in [6.07, 6.45) is 1.30. The van der Waals surface area contributed by atoms with Crippen molar-refractivity contribution in [2.75, 3.05) is 53.9 Å². The maximum atomic E-state index is 4.41. The predicted molar refractivity (Wildman–Crippen MR) is 72.8 cm³/mol. The SMILES string of the molecule is C=C([C@@H]1C[C@@H](C)C[N+]1(C)C)N1CCN(C)CC1. The van der Waals surface area contributed by atoms with E-state index < -0.39 is 0 Å². The molecule has 2 aliphatic rings. The Morgan fingerprint density at radius 2 is 1.76 bits per heavy atom. The normalized spacial score (nSPS) is 34.0. The Kier molecular flexibility index (Phi) is 3.50. The fourth-order valence-corrected chi connectivity index (χ4v) is 3.52. The number of hydrogen-bond donors (Lipinski definition) is 0. The van der Waals surface area contributed by atoms with Crippen LogP contribution in [0.2, 0.25) is 0 Å². The van der Waals surface area contributed by atoms with E-state index in [1.54, 1.807) is 0 Å². The van der Waals surface area contributed by atoms with Crippen molar-refractivity contribution in [3.63, 3.8) is 0 Å². The minimum atomic E-state index is 0.633. The van der Waals surface area contributed by atoms with Gasteiger partial charge in [0.15, 0.2) is 0 Å². The molecular weight excluding hydrogens is 210 g/mol. The van der Waals surface area contributed by atoms with E-state index in [2.05, 4.69) is 44.4 Å². The van der Waals surface area contributed by atoms with Crippen LogP contribution in [0.15, 0.2) is 12.3 Å². The molecule has 2 rings (SSSR count). The molecule has 0 radical (unpaired) electrons. The Morgan fingerprint density at radius 1 is 1.18 bits per heavy atom. The molecule has 0 aromatic heterocycles. The first-order valence-electron chi connectivity index (χ1n) is 6.85. The second-order valence-electron chi connectivity index (χ2n) is 6.60. The van der Waals surface area contributed by atoms with Gasteiger partial charge >= 0.3 is 0 Å². The predicted octanol–water partition coefficient (Wildman–Crippen LogP) is 1.23. The number of nitrogens with zero attached hydrogens (tertiary/aromatic N) is 3. The third-order valence-corrected chi connectivity index (χ3v) is 4.55. The molecule has 0 unspecified atom stereocenters. The van der Waals surface area contributed by atoms with E-state index in [4.69, 9.17) is 0 Å². The Bertz CT molecular complexity index is 290. The molecule has 2 heterocycles. The first-order chi connectivity index (χ1) is 7.90. The van der Waals surface area contributed by atoms with E-state index in [-0.39, 0.29) is 0 Å². The minimum Gasteiger partial charge on any atom is -0.368 e. The monoisotopic (exact) mass is 238 g/mol. The number of quaternary nitrogens is 1. The lowest BCUT2D eigenvalue weighted by atomic mass is 10.0. The molecule has 2 aliphatic heterocycles. The molecule has 17 heavy (non-hydrogen) atoms. The van der Waals surface area contributed by atoms with Crippen LogP contribution in [-0.4, -0.2) is 74.2 Å². The summed E-state index contributed by atoms with van der Waals surface area (Å²) in [5, 5.41) is 0. The van der Waals surface area contributed by atoms with Crippen molar-refractivity contribution >= 4 is 0 Å². The molecular formula is C14H28N3+. The average Bonchev–Trinajstić information content (AvgIpc) is 2.52. The van der Waals surface area contributed by atoms with E-state index >= 15 is 0 Å². The summed E-state index contributed by atoms with van der Waals surface area (Å²) >= 11 is 0. The maximum Gasteiger partial charge on any atom is 0.129 e. The molecule has 2 atom stereocenters. The van der Waals surface area contributed by atoms with Crippen molar-refractivity contribution in [1.82, 2.24) is 9.80 Å².